The summed E-state index contributed by atoms with van der Waals surface area (Å²) in [5, 5.41) is 12.3. The molecule has 7 rings (SSSR count). The molecule has 3 fully saturated rings. The normalized spacial score (nSPS) is 36.2. The predicted molar refractivity (Wildman–Crippen MR) is 158 cm³/mol. The van der Waals surface area contributed by atoms with Crippen LogP contribution in [0.2, 0.25) is 0 Å². The maximum absolute atomic E-state index is 14.3. The summed E-state index contributed by atoms with van der Waals surface area (Å²) >= 11 is 0. The Hall–Kier alpha value is -3.71. The third kappa shape index (κ3) is 4.45. The molecular formula is C36H33F5O7. The number of esters is 1. The summed E-state index contributed by atoms with van der Waals surface area (Å²) < 4.78 is 95.4. The zero-order valence-electron chi connectivity index (χ0n) is 26.4. The van der Waals surface area contributed by atoms with Crippen molar-refractivity contribution in [3.63, 3.8) is 0 Å². The SMILES string of the molecule is C=C(C)[C@@]12C[C@@H](C)[C@@]34OC(Cc5ccccc5)(O[C@@H]1[C@@H]3C=C(COC(=O)Cc1c(F)c(F)c(F)c(F)c1F)C[C@]1(O)C(=O)C(C)=C[C@@H]41)O2. The van der Waals surface area contributed by atoms with Gasteiger partial charge in [-0.05, 0) is 48.5 Å². The molecule has 0 radical (unpaired) electrons. The molecule has 3 aliphatic carbocycles. The van der Waals surface area contributed by atoms with Gasteiger partial charge in [-0.1, -0.05) is 56.0 Å². The van der Waals surface area contributed by atoms with Crippen LogP contribution in [0, 0.1) is 46.8 Å². The van der Waals surface area contributed by atoms with E-state index in [0.717, 1.165) is 5.56 Å². The van der Waals surface area contributed by atoms with Crippen LogP contribution in [-0.2, 0) is 41.4 Å². The molecule has 3 bridgehead atoms. The Morgan fingerprint density at radius 2 is 1.67 bits per heavy atom. The maximum atomic E-state index is 14.3. The lowest BCUT2D eigenvalue weighted by molar-refractivity contribution is -0.421. The van der Waals surface area contributed by atoms with Gasteiger partial charge < -0.3 is 24.1 Å². The van der Waals surface area contributed by atoms with E-state index in [2.05, 4.69) is 6.58 Å². The Morgan fingerprint density at radius 3 is 2.31 bits per heavy atom. The first kappa shape index (κ1) is 32.8. The van der Waals surface area contributed by atoms with Crippen molar-refractivity contribution >= 4 is 11.8 Å². The fourth-order valence-electron chi connectivity index (χ4n) is 8.66. The highest BCUT2D eigenvalue weighted by Crippen LogP contribution is 2.68. The smallest absolute Gasteiger partial charge is 0.310 e. The van der Waals surface area contributed by atoms with Gasteiger partial charge in [0.05, 0.1) is 18.4 Å². The van der Waals surface area contributed by atoms with Crippen molar-refractivity contribution in [2.75, 3.05) is 6.61 Å². The number of aliphatic hydroxyl groups is 1. The van der Waals surface area contributed by atoms with Crippen LogP contribution in [0.25, 0.3) is 0 Å². The molecular weight excluding hydrogens is 639 g/mol. The Morgan fingerprint density at radius 1 is 1.02 bits per heavy atom. The van der Waals surface area contributed by atoms with Gasteiger partial charge >= 0.3 is 5.97 Å². The molecule has 2 heterocycles. The van der Waals surface area contributed by atoms with Crippen LogP contribution in [0.3, 0.4) is 0 Å². The van der Waals surface area contributed by atoms with Crippen LogP contribution in [-0.4, -0.2) is 52.3 Å². The van der Waals surface area contributed by atoms with Gasteiger partial charge in [0.2, 0.25) is 5.82 Å². The molecule has 7 nitrogen and oxygen atoms in total. The van der Waals surface area contributed by atoms with Gasteiger partial charge in [0.1, 0.15) is 23.9 Å². The minimum absolute atomic E-state index is 0.203. The van der Waals surface area contributed by atoms with E-state index in [0.29, 0.717) is 17.6 Å². The molecule has 12 heteroatoms. The highest BCUT2D eigenvalue weighted by atomic mass is 19.2. The van der Waals surface area contributed by atoms with E-state index in [1.54, 1.807) is 19.1 Å². The zero-order valence-corrected chi connectivity index (χ0v) is 26.4. The molecule has 5 aliphatic rings. The summed E-state index contributed by atoms with van der Waals surface area (Å²) in [5.41, 5.74) is -3.47. The number of ether oxygens (including phenoxy) is 4. The van der Waals surface area contributed by atoms with Gasteiger partial charge in [-0.3, -0.25) is 9.59 Å². The van der Waals surface area contributed by atoms with E-state index in [1.807, 2.05) is 44.2 Å². The van der Waals surface area contributed by atoms with Crippen molar-refractivity contribution in [1.29, 1.82) is 0 Å². The van der Waals surface area contributed by atoms with Gasteiger partial charge in [-0.25, -0.2) is 22.0 Å². The van der Waals surface area contributed by atoms with Gasteiger partial charge in [-0.15, -0.1) is 0 Å². The van der Waals surface area contributed by atoms with E-state index >= 15 is 0 Å². The number of benzene rings is 2. The van der Waals surface area contributed by atoms with Gasteiger partial charge in [0.15, 0.2) is 29.1 Å². The summed E-state index contributed by atoms with van der Waals surface area (Å²) in [5.74, 6) is -16.3. The molecule has 0 spiro atoms. The number of rotatable bonds is 7. The van der Waals surface area contributed by atoms with E-state index in [1.165, 1.54) is 0 Å². The third-order valence-electron chi connectivity index (χ3n) is 10.8. The number of carbonyl (C=O) groups is 2. The van der Waals surface area contributed by atoms with Crippen LogP contribution < -0.4 is 0 Å². The van der Waals surface area contributed by atoms with Gasteiger partial charge in [-0.2, -0.15) is 0 Å². The number of hydrogen-bond donors (Lipinski definition) is 1. The number of ketones is 1. The predicted octanol–water partition coefficient (Wildman–Crippen LogP) is 5.73. The van der Waals surface area contributed by atoms with E-state index < -0.39 is 100 Å². The van der Waals surface area contributed by atoms with Crippen molar-refractivity contribution in [3.8, 4) is 0 Å². The van der Waals surface area contributed by atoms with Gasteiger partial charge in [0.25, 0.3) is 5.97 Å². The van der Waals surface area contributed by atoms with E-state index in [-0.39, 0.29) is 24.3 Å². The van der Waals surface area contributed by atoms with Crippen LogP contribution in [0.5, 0.6) is 0 Å². The average Bonchev–Trinajstić information content (AvgIpc) is 3.35. The van der Waals surface area contributed by atoms with Crippen LogP contribution >= 0.6 is 0 Å². The standard InChI is InChI=1S/C36H33F5O7/c1-17(2)34-13-19(4)36-23(32(34)46-35(47-34,48-36)15-20-8-6-5-7-9-20)11-21(14-33(44)24(36)10-18(3)31(33)43)16-45-25(42)12-22-26(37)28(39)30(41)29(40)27(22)38/h5-11,19,23-24,32,44H,1,12-16H2,2-4H3/t19-,23+,24-,32-,33-,34+,35?,36-/m1/s1. The summed E-state index contributed by atoms with van der Waals surface area (Å²) in [4.78, 5) is 26.5. The lowest BCUT2D eigenvalue weighted by Gasteiger charge is -2.59. The van der Waals surface area contributed by atoms with Crippen molar-refractivity contribution in [3.05, 3.63) is 106 Å². The second-order valence-electron chi connectivity index (χ2n) is 13.7. The van der Waals surface area contributed by atoms with E-state index in [9.17, 15) is 36.6 Å². The lowest BCUT2D eigenvalue weighted by Crippen LogP contribution is -2.70. The highest BCUT2D eigenvalue weighted by Gasteiger charge is 2.79. The molecule has 2 aromatic carbocycles. The van der Waals surface area contributed by atoms with Crippen LogP contribution in [0.1, 0.15) is 44.7 Å². The van der Waals surface area contributed by atoms with Crippen molar-refractivity contribution in [2.24, 2.45) is 17.8 Å². The molecule has 1 saturated carbocycles. The topological polar surface area (TPSA) is 91.3 Å². The quantitative estimate of drug-likeness (QED) is 0.132. The first-order chi connectivity index (χ1) is 22.6. The van der Waals surface area contributed by atoms with Crippen LogP contribution in [0.15, 0.2) is 65.8 Å². The molecule has 0 amide bonds. The zero-order chi connectivity index (χ0) is 34.6. The molecule has 1 N–H and O–H groups in total. The largest absolute Gasteiger partial charge is 0.461 e. The second kappa shape index (κ2) is 10.9. The van der Waals surface area contributed by atoms with E-state index in [4.69, 9.17) is 18.9 Å². The molecule has 254 valence electrons. The number of Topliss-reactive ketones (excluding diaryl/α,β-unsaturated/α-hetero) is 1. The third-order valence-corrected chi connectivity index (χ3v) is 10.8. The average molecular weight is 673 g/mol. The summed E-state index contributed by atoms with van der Waals surface area (Å²) in [6.07, 6.45) is 1.83. The van der Waals surface area contributed by atoms with Crippen LogP contribution in [0.4, 0.5) is 22.0 Å². The minimum Gasteiger partial charge on any atom is -0.461 e. The first-order valence-corrected chi connectivity index (χ1v) is 15.7. The van der Waals surface area contributed by atoms with Crippen molar-refractivity contribution in [2.45, 2.75) is 75.3 Å². The van der Waals surface area contributed by atoms with Crippen molar-refractivity contribution in [1.82, 2.24) is 0 Å². The number of carbonyl (C=O) groups excluding carboxylic acids is 2. The Labute approximate surface area is 273 Å². The number of halogens is 5. The number of fused-ring (bicyclic) bond motifs is 2. The monoisotopic (exact) mass is 672 g/mol. The molecule has 8 atom stereocenters. The summed E-state index contributed by atoms with van der Waals surface area (Å²) in [6.45, 7) is 9.09. The molecule has 1 unspecified atom stereocenters. The number of hydrogen-bond acceptors (Lipinski definition) is 7. The Bertz CT molecular complexity index is 1800. The summed E-state index contributed by atoms with van der Waals surface area (Å²) in [6, 6.07) is 9.45. The Kier molecular flexibility index (Phi) is 7.45. The molecule has 0 aromatic heterocycles. The lowest BCUT2D eigenvalue weighted by atomic mass is 9.55. The molecule has 48 heavy (non-hydrogen) atoms. The first-order valence-electron chi connectivity index (χ1n) is 15.7. The highest BCUT2D eigenvalue weighted by molar-refractivity contribution is 6.04. The molecule has 2 saturated heterocycles. The fourth-order valence-corrected chi connectivity index (χ4v) is 8.66. The minimum atomic E-state index is -2.34. The second-order valence-corrected chi connectivity index (χ2v) is 13.7. The fraction of sp³-hybridized carbons (Fsp3) is 0.444. The Balaban J connectivity index is 1.28. The maximum Gasteiger partial charge on any atom is 0.310 e. The van der Waals surface area contributed by atoms with Gasteiger partial charge in [0, 0.05) is 23.8 Å². The molecule has 2 aromatic rings. The summed E-state index contributed by atoms with van der Waals surface area (Å²) in [7, 11) is 0. The van der Waals surface area contributed by atoms with Crippen molar-refractivity contribution < 1.29 is 55.6 Å². The molecule has 2 aliphatic heterocycles.